The molecule has 1 amide bonds. The van der Waals surface area contributed by atoms with Crippen LogP contribution in [0.3, 0.4) is 0 Å². The third-order valence-corrected chi connectivity index (χ3v) is 6.45. The van der Waals surface area contributed by atoms with E-state index in [0.29, 0.717) is 29.6 Å². The van der Waals surface area contributed by atoms with Crippen molar-refractivity contribution in [2.45, 2.75) is 6.54 Å². The van der Waals surface area contributed by atoms with Gasteiger partial charge < -0.3 is 4.74 Å². The highest BCUT2D eigenvalue weighted by atomic mass is 32.2. The molecular weight excluding hydrogens is 448 g/mol. The van der Waals surface area contributed by atoms with Gasteiger partial charge >= 0.3 is 0 Å². The largest absolute Gasteiger partial charge is 0.379 e. The second-order valence-electron chi connectivity index (χ2n) is 7.45. The van der Waals surface area contributed by atoms with E-state index in [0.717, 1.165) is 42.0 Å². The Morgan fingerprint density at radius 2 is 1.78 bits per heavy atom. The third kappa shape index (κ3) is 5.92. The molecule has 2 N–H and O–H groups in total. The van der Waals surface area contributed by atoms with Crippen molar-refractivity contribution < 1.29 is 17.9 Å². The zero-order valence-electron chi connectivity index (χ0n) is 17.6. The van der Waals surface area contributed by atoms with Gasteiger partial charge in [-0.25, -0.2) is 13.4 Å². The normalized spacial score (nSPS) is 14.8. The van der Waals surface area contributed by atoms with Gasteiger partial charge in [0.1, 0.15) is 0 Å². The van der Waals surface area contributed by atoms with Gasteiger partial charge in [0.25, 0.3) is 5.91 Å². The first-order valence-corrected chi connectivity index (χ1v) is 12.8. The molecule has 0 unspecified atom stereocenters. The van der Waals surface area contributed by atoms with Crippen molar-refractivity contribution in [3.05, 3.63) is 65.0 Å². The Morgan fingerprint density at radius 3 is 2.44 bits per heavy atom. The minimum Gasteiger partial charge on any atom is -0.379 e. The van der Waals surface area contributed by atoms with Gasteiger partial charge in [-0.05, 0) is 24.3 Å². The van der Waals surface area contributed by atoms with Crippen LogP contribution in [0.2, 0.25) is 0 Å². The summed E-state index contributed by atoms with van der Waals surface area (Å²) in [6.45, 7) is 3.90. The first-order valence-electron chi connectivity index (χ1n) is 10.1. The second kappa shape index (κ2) is 9.78. The monoisotopic (exact) mass is 472 g/mol. The van der Waals surface area contributed by atoms with Gasteiger partial charge in [0.15, 0.2) is 5.13 Å². The lowest BCUT2D eigenvalue weighted by molar-refractivity contribution is 0.0347. The van der Waals surface area contributed by atoms with Crippen molar-refractivity contribution in [3.8, 4) is 11.3 Å². The molecule has 1 saturated heterocycles. The van der Waals surface area contributed by atoms with Gasteiger partial charge in [0, 0.05) is 41.3 Å². The van der Waals surface area contributed by atoms with Crippen LogP contribution in [0.5, 0.6) is 0 Å². The molecule has 0 spiro atoms. The summed E-state index contributed by atoms with van der Waals surface area (Å²) in [6, 6.07) is 16.2. The van der Waals surface area contributed by atoms with E-state index in [1.165, 1.54) is 11.3 Å². The molecule has 1 fully saturated rings. The molecule has 10 heteroatoms. The number of amides is 1. The van der Waals surface area contributed by atoms with Crippen LogP contribution in [0.15, 0.2) is 54.6 Å². The van der Waals surface area contributed by atoms with E-state index in [4.69, 9.17) is 9.72 Å². The van der Waals surface area contributed by atoms with Gasteiger partial charge in [-0.15, -0.1) is 0 Å². The van der Waals surface area contributed by atoms with E-state index in [9.17, 15) is 13.2 Å². The van der Waals surface area contributed by atoms with E-state index < -0.39 is 10.0 Å². The fourth-order valence-corrected chi connectivity index (χ4v) is 4.95. The number of carbonyl (C=O) groups excluding carboxylic acids is 1. The molecule has 168 valence electrons. The number of morpholine rings is 1. The number of nitrogens with one attached hydrogen (secondary N) is 2. The quantitative estimate of drug-likeness (QED) is 0.547. The number of sulfonamides is 1. The topological polar surface area (TPSA) is 101 Å². The van der Waals surface area contributed by atoms with Crippen LogP contribution in [0.4, 0.5) is 10.8 Å². The summed E-state index contributed by atoms with van der Waals surface area (Å²) >= 11 is 1.46. The van der Waals surface area contributed by atoms with Crippen LogP contribution >= 0.6 is 11.3 Å². The maximum absolute atomic E-state index is 12.7. The summed E-state index contributed by atoms with van der Waals surface area (Å²) in [5, 5.41) is 3.40. The standard InChI is InChI=1S/C22H24N4O4S2/c1-32(28,29)25-18-9-7-17(8-10-18)21(27)24-22-23-20(16-5-3-2-4-6-16)19(31-22)15-26-11-13-30-14-12-26/h2-10,25H,11-15H2,1H3,(H,23,24,27). The summed E-state index contributed by atoms with van der Waals surface area (Å²) in [6.07, 6.45) is 1.08. The number of aromatic nitrogens is 1. The first kappa shape index (κ1) is 22.4. The number of thiazole rings is 1. The van der Waals surface area contributed by atoms with E-state index in [1.807, 2.05) is 30.3 Å². The van der Waals surface area contributed by atoms with Crippen molar-refractivity contribution in [1.29, 1.82) is 0 Å². The van der Waals surface area contributed by atoms with E-state index in [2.05, 4.69) is 14.9 Å². The molecule has 4 rings (SSSR count). The Kier molecular flexibility index (Phi) is 6.85. The Labute approximate surface area is 191 Å². The average molecular weight is 473 g/mol. The average Bonchev–Trinajstić information content (AvgIpc) is 3.16. The van der Waals surface area contributed by atoms with E-state index in [-0.39, 0.29) is 5.91 Å². The highest BCUT2D eigenvalue weighted by molar-refractivity contribution is 7.92. The van der Waals surface area contributed by atoms with Crippen molar-refractivity contribution in [2.75, 3.05) is 42.6 Å². The number of nitrogens with zero attached hydrogens (tertiary/aromatic N) is 2. The lowest BCUT2D eigenvalue weighted by atomic mass is 10.1. The lowest BCUT2D eigenvalue weighted by Gasteiger charge is -2.26. The molecule has 0 aliphatic carbocycles. The van der Waals surface area contributed by atoms with Gasteiger partial charge in [0.05, 0.1) is 25.2 Å². The van der Waals surface area contributed by atoms with Gasteiger partial charge in [-0.2, -0.15) is 0 Å². The molecule has 1 aliphatic rings. The number of ether oxygens (including phenoxy) is 1. The molecule has 0 radical (unpaired) electrons. The summed E-state index contributed by atoms with van der Waals surface area (Å²) in [7, 11) is -3.37. The molecule has 0 saturated carbocycles. The van der Waals surface area contributed by atoms with Crippen molar-refractivity contribution in [3.63, 3.8) is 0 Å². The predicted molar refractivity (Wildman–Crippen MR) is 127 cm³/mol. The van der Waals surface area contributed by atoms with Gasteiger partial charge in [-0.1, -0.05) is 41.7 Å². The molecule has 3 aromatic rings. The second-order valence-corrected chi connectivity index (χ2v) is 10.3. The number of rotatable bonds is 7. The van der Waals surface area contributed by atoms with Crippen LogP contribution in [0.25, 0.3) is 11.3 Å². The summed E-state index contributed by atoms with van der Waals surface area (Å²) in [5.74, 6) is -0.304. The third-order valence-electron chi connectivity index (χ3n) is 4.89. The Bertz CT molecular complexity index is 1170. The fourth-order valence-electron chi connectivity index (χ4n) is 3.37. The lowest BCUT2D eigenvalue weighted by Crippen LogP contribution is -2.35. The van der Waals surface area contributed by atoms with Crippen molar-refractivity contribution >= 4 is 38.1 Å². The predicted octanol–water partition coefficient (Wildman–Crippen LogP) is 3.27. The molecule has 1 aliphatic heterocycles. The molecule has 2 heterocycles. The van der Waals surface area contributed by atoms with Crippen molar-refractivity contribution in [2.24, 2.45) is 0 Å². The molecule has 32 heavy (non-hydrogen) atoms. The zero-order valence-corrected chi connectivity index (χ0v) is 19.2. The van der Waals surface area contributed by atoms with Crippen LogP contribution in [0, 0.1) is 0 Å². The van der Waals surface area contributed by atoms with Gasteiger partial charge in [-0.3, -0.25) is 19.7 Å². The number of hydrogen-bond donors (Lipinski definition) is 2. The smallest absolute Gasteiger partial charge is 0.257 e. The summed E-state index contributed by atoms with van der Waals surface area (Å²) in [5.41, 5.74) is 2.68. The Morgan fingerprint density at radius 1 is 1.09 bits per heavy atom. The Hall–Kier alpha value is -2.79. The molecule has 1 aromatic heterocycles. The van der Waals surface area contributed by atoms with Crippen LogP contribution in [-0.4, -0.2) is 56.8 Å². The van der Waals surface area contributed by atoms with Crippen LogP contribution in [-0.2, 0) is 21.3 Å². The van der Waals surface area contributed by atoms with E-state index >= 15 is 0 Å². The number of carbonyl (C=O) groups is 1. The number of hydrogen-bond acceptors (Lipinski definition) is 7. The SMILES string of the molecule is CS(=O)(=O)Nc1ccc(C(=O)Nc2nc(-c3ccccc3)c(CN3CCOCC3)s2)cc1. The maximum atomic E-state index is 12.7. The molecule has 0 bridgehead atoms. The first-order chi connectivity index (χ1) is 15.4. The number of benzene rings is 2. The Balaban J connectivity index is 1.53. The summed E-state index contributed by atoms with van der Waals surface area (Å²) in [4.78, 5) is 20.9. The minimum absolute atomic E-state index is 0.304. The van der Waals surface area contributed by atoms with Crippen LogP contribution in [0.1, 0.15) is 15.2 Å². The fraction of sp³-hybridized carbons (Fsp3) is 0.273. The molecular formula is C22H24N4O4S2. The highest BCUT2D eigenvalue weighted by Gasteiger charge is 2.19. The highest BCUT2D eigenvalue weighted by Crippen LogP contribution is 2.32. The molecule has 2 aromatic carbocycles. The summed E-state index contributed by atoms with van der Waals surface area (Å²) < 4.78 is 30.5. The minimum atomic E-state index is -3.37. The van der Waals surface area contributed by atoms with Gasteiger partial charge in [0.2, 0.25) is 10.0 Å². The van der Waals surface area contributed by atoms with Crippen LogP contribution < -0.4 is 10.0 Å². The molecule has 0 atom stereocenters. The van der Waals surface area contributed by atoms with E-state index in [1.54, 1.807) is 24.3 Å². The molecule has 8 nitrogen and oxygen atoms in total. The van der Waals surface area contributed by atoms with Crippen molar-refractivity contribution in [1.82, 2.24) is 9.88 Å². The maximum Gasteiger partial charge on any atom is 0.257 e. The number of anilines is 2. The zero-order chi connectivity index (χ0) is 22.6.